The number of aromatic nitrogens is 1. The molecule has 2 aromatic rings. The van der Waals surface area contributed by atoms with Crippen LogP contribution < -0.4 is 10.1 Å². The van der Waals surface area contributed by atoms with Crippen LogP contribution in [0, 0.1) is 0 Å². The van der Waals surface area contributed by atoms with E-state index in [4.69, 9.17) is 16.3 Å². The SMILES string of the molecule is COc1ccc(C2(O)CCN(CC(O)c3ccc4c(c3)C(=O)CCN4)CC2)nc1Cl. The number of fused-ring (bicyclic) bond motifs is 1. The standard InChI is InChI=1S/C22H26ClN3O4/c1-30-19-4-5-20(25-21(19)23)22(29)7-10-26(11-8-22)13-18(28)14-2-3-16-15(12-14)17(27)6-9-24-16/h2-5,12,18,24,28-29H,6-11,13H2,1H3. The van der Waals surface area contributed by atoms with Gasteiger partial charge in [0.1, 0.15) is 5.60 Å². The van der Waals surface area contributed by atoms with Crippen molar-refractivity contribution in [1.29, 1.82) is 0 Å². The summed E-state index contributed by atoms with van der Waals surface area (Å²) < 4.78 is 5.13. The Morgan fingerprint density at radius 2 is 2.07 bits per heavy atom. The van der Waals surface area contributed by atoms with E-state index in [0.717, 1.165) is 11.3 Å². The molecule has 0 radical (unpaired) electrons. The fourth-order valence-electron chi connectivity index (χ4n) is 4.14. The molecule has 1 saturated heterocycles. The summed E-state index contributed by atoms with van der Waals surface area (Å²) in [5.74, 6) is 0.579. The monoisotopic (exact) mass is 431 g/mol. The first-order chi connectivity index (χ1) is 14.4. The minimum absolute atomic E-state index is 0.103. The molecule has 2 aliphatic rings. The van der Waals surface area contributed by atoms with E-state index in [-0.39, 0.29) is 10.9 Å². The molecular formula is C22H26ClN3O4. The van der Waals surface area contributed by atoms with Crippen LogP contribution in [0.15, 0.2) is 30.3 Å². The van der Waals surface area contributed by atoms with Crippen molar-refractivity contribution in [3.8, 4) is 5.75 Å². The second-order valence-electron chi connectivity index (χ2n) is 7.94. The molecule has 1 aromatic heterocycles. The summed E-state index contributed by atoms with van der Waals surface area (Å²) in [5.41, 5.74) is 1.69. The van der Waals surface area contributed by atoms with Gasteiger partial charge >= 0.3 is 0 Å². The van der Waals surface area contributed by atoms with Crippen LogP contribution in [0.1, 0.15) is 47.0 Å². The van der Waals surface area contributed by atoms with E-state index < -0.39 is 11.7 Å². The fraction of sp³-hybridized carbons (Fsp3) is 0.455. The Labute approximate surface area is 180 Å². The first-order valence-corrected chi connectivity index (χ1v) is 10.5. The van der Waals surface area contributed by atoms with Gasteiger partial charge in [0.25, 0.3) is 0 Å². The molecule has 4 rings (SSSR count). The number of anilines is 1. The zero-order valence-electron chi connectivity index (χ0n) is 16.9. The average Bonchev–Trinajstić information content (AvgIpc) is 2.75. The molecule has 0 saturated carbocycles. The fourth-order valence-corrected chi connectivity index (χ4v) is 4.38. The molecule has 2 aliphatic heterocycles. The van der Waals surface area contributed by atoms with Crippen LogP contribution in [0.25, 0.3) is 0 Å². The summed E-state index contributed by atoms with van der Waals surface area (Å²) >= 11 is 6.12. The number of Topliss-reactive ketones (excluding diaryl/α,β-unsaturated/α-hetero) is 1. The lowest BCUT2D eigenvalue weighted by molar-refractivity contribution is -0.0375. The maximum Gasteiger partial charge on any atom is 0.171 e. The van der Waals surface area contributed by atoms with Crippen molar-refractivity contribution in [2.24, 2.45) is 0 Å². The average molecular weight is 432 g/mol. The van der Waals surface area contributed by atoms with Crippen molar-refractivity contribution in [2.45, 2.75) is 31.0 Å². The van der Waals surface area contributed by atoms with Gasteiger partial charge in [-0.2, -0.15) is 0 Å². The Morgan fingerprint density at radius 1 is 1.30 bits per heavy atom. The van der Waals surface area contributed by atoms with Crippen molar-refractivity contribution in [2.75, 3.05) is 38.6 Å². The van der Waals surface area contributed by atoms with E-state index in [9.17, 15) is 15.0 Å². The van der Waals surface area contributed by atoms with Crippen LogP contribution in [0.3, 0.4) is 0 Å². The van der Waals surface area contributed by atoms with Gasteiger partial charge in [-0.15, -0.1) is 0 Å². The maximum absolute atomic E-state index is 12.1. The number of carbonyl (C=O) groups is 1. The number of nitrogens with one attached hydrogen (secondary N) is 1. The number of halogens is 1. The molecule has 1 aromatic carbocycles. The molecule has 3 N–H and O–H groups in total. The smallest absolute Gasteiger partial charge is 0.171 e. The molecule has 0 bridgehead atoms. The molecule has 0 aliphatic carbocycles. The quantitative estimate of drug-likeness (QED) is 0.626. The van der Waals surface area contributed by atoms with Gasteiger partial charge in [0.2, 0.25) is 0 Å². The lowest BCUT2D eigenvalue weighted by Gasteiger charge is -2.38. The number of benzene rings is 1. The first-order valence-electron chi connectivity index (χ1n) is 10.1. The highest BCUT2D eigenvalue weighted by molar-refractivity contribution is 6.30. The third kappa shape index (κ3) is 4.16. The van der Waals surface area contributed by atoms with Gasteiger partial charge in [0, 0.05) is 43.9 Å². The van der Waals surface area contributed by atoms with Crippen molar-refractivity contribution in [3.05, 3.63) is 52.3 Å². The summed E-state index contributed by atoms with van der Waals surface area (Å²) in [5, 5.41) is 25.2. The van der Waals surface area contributed by atoms with Crippen LogP contribution in [-0.4, -0.2) is 59.2 Å². The van der Waals surface area contributed by atoms with Crippen LogP contribution in [0.5, 0.6) is 5.75 Å². The molecule has 30 heavy (non-hydrogen) atoms. The van der Waals surface area contributed by atoms with E-state index in [0.29, 0.717) is 62.4 Å². The number of ether oxygens (including phenoxy) is 1. The molecule has 1 unspecified atom stereocenters. The number of hydrogen-bond acceptors (Lipinski definition) is 7. The number of carbonyl (C=O) groups excluding carboxylic acids is 1. The number of β-amino-alcohol motifs (C(OH)–C–C–N with tert-alkyl or cyclic N) is 1. The number of pyridine rings is 1. The normalized spacial score (nSPS) is 19.7. The van der Waals surface area contributed by atoms with Gasteiger partial charge < -0.3 is 25.2 Å². The van der Waals surface area contributed by atoms with Gasteiger partial charge in [-0.1, -0.05) is 17.7 Å². The van der Waals surface area contributed by atoms with Gasteiger partial charge in [0.15, 0.2) is 16.7 Å². The van der Waals surface area contributed by atoms with Gasteiger partial charge in [0.05, 0.1) is 18.9 Å². The Morgan fingerprint density at radius 3 is 2.77 bits per heavy atom. The predicted octanol–water partition coefficient (Wildman–Crippen LogP) is 2.76. The first kappa shape index (κ1) is 21.1. The number of hydrogen-bond donors (Lipinski definition) is 3. The van der Waals surface area contributed by atoms with E-state index in [2.05, 4.69) is 15.2 Å². The number of likely N-dealkylation sites (tertiary alicyclic amines) is 1. The van der Waals surface area contributed by atoms with Crippen LogP contribution >= 0.6 is 11.6 Å². The Balaban J connectivity index is 1.39. The summed E-state index contributed by atoms with van der Waals surface area (Å²) in [6.07, 6.45) is 0.745. The molecule has 1 fully saturated rings. The van der Waals surface area contributed by atoms with Crippen LogP contribution in [0.4, 0.5) is 5.69 Å². The lowest BCUT2D eigenvalue weighted by atomic mass is 9.87. The lowest BCUT2D eigenvalue weighted by Crippen LogP contribution is -2.44. The molecule has 7 nitrogen and oxygen atoms in total. The summed E-state index contributed by atoms with van der Waals surface area (Å²) in [7, 11) is 1.52. The third-order valence-corrected chi connectivity index (χ3v) is 6.29. The highest BCUT2D eigenvalue weighted by Gasteiger charge is 2.36. The van der Waals surface area contributed by atoms with E-state index >= 15 is 0 Å². The Kier molecular flexibility index (Phi) is 5.97. The molecular weight excluding hydrogens is 406 g/mol. The number of aliphatic hydroxyl groups excluding tert-OH is 1. The van der Waals surface area contributed by atoms with Crippen LogP contribution in [0.2, 0.25) is 5.15 Å². The number of piperidine rings is 1. The maximum atomic E-state index is 12.1. The third-order valence-electron chi connectivity index (χ3n) is 6.02. The highest BCUT2D eigenvalue weighted by Crippen LogP contribution is 2.35. The number of rotatable bonds is 5. The van der Waals surface area contributed by atoms with Crippen LogP contribution in [-0.2, 0) is 5.60 Å². The zero-order valence-corrected chi connectivity index (χ0v) is 17.7. The molecule has 0 amide bonds. The second kappa shape index (κ2) is 8.51. The van der Waals surface area contributed by atoms with Gasteiger partial charge in [-0.05, 0) is 42.7 Å². The Bertz CT molecular complexity index is 944. The predicted molar refractivity (Wildman–Crippen MR) is 114 cm³/mol. The number of nitrogens with zero attached hydrogens (tertiary/aromatic N) is 2. The van der Waals surface area contributed by atoms with E-state index in [1.807, 2.05) is 12.1 Å². The minimum Gasteiger partial charge on any atom is -0.494 e. The highest BCUT2D eigenvalue weighted by atomic mass is 35.5. The molecule has 160 valence electrons. The summed E-state index contributed by atoms with van der Waals surface area (Å²) in [6, 6.07) is 8.97. The van der Waals surface area contributed by atoms with Crippen molar-refractivity contribution >= 4 is 23.1 Å². The summed E-state index contributed by atoms with van der Waals surface area (Å²) in [6.45, 7) is 2.32. The van der Waals surface area contributed by atoms with E-state index in [1.165, 1.54) is 7.11 Å². The van der Waals surface area contributed by atoms with Crippen molar-refractivity contribution < 1.29 is 19.7 Å². The van der Waals surface area contributed by atoms with Gasteiger partial charge in [-0.25, -0.2) is 4.98 Å². The largest absolute Gasteiger partial charge is 0.494 e. The number of methoxy groups -OCH3 is 1. The molecule has 3 heterocycles. The Hall–Kier alpha value is -2.19. The van der Waals surface area contributed by atoms with Crippen molar-refractivity contribution in [1.82, 2.24) is 9.88 Å². The summed E-state index contributed by atoms with van der Waals surface area (Å²) in [4.78, 5) is 18.6. The number of ketones is 1. The second-order valence-corrected chi connectivity index (χ2v) is 8.30. The topological polar surface area (TPSA) is 94.9 Å². The molecule has 8 heteroatoms. The molecule has 0 spiro atoms. The van der Waals surface area contributed by atoms with Crippen molar-refractivity contribution in [3.63, 3.8) is 0 Å². The zero-order chi connectivity index (χ0) is 21.3. The molecule has 1 atom stereocenters. The number of aliphatic hydroxyl groups is 2. The van der Waals surface area contributed by atoms with Gasteiger partial charge in [-0.3, -0.25) is 4.79 Å². The minimum atomic E-state index is -1.05. The van der Waals surface area contributed by atoms with E-state index in [1.54, 1.807) is 18.2 Å².